The van der Waals surface area contributed by atoms with Gasteiger partial charge in [-0.25, -0.2) is 4.39 Å². The summed E-state index contributed by atoms with van der Waals surface area (Å²) < 4.78 is 12.9. The maximum absolute atomic E-state index is 12.9. The first-order valence-corrected chi connectivity index (χ1v) is 8.63. The van der Waals surface area contributed by atoms with Gasteiger partial charge in [0.25, 0.3) is 0 Å². The van der Waals surface area contributed by atoms with Crippen molar-refractivity contribution in [3.8, 4) is 0 Å². The third-order valence-electron chi connectivity index (χ3n) is 4.77. The molecule has 2 aliphatic rings. The molecule has 2 heterocycles. The quantitative estimate of drug-likeness (QED) is 0.844. The van der Waals surface area contributed by atoms with Crippen molar-refractivity contribution in [2.24, 2.45) is 0 Å². The molecule has 2 N–H and O–H groups in total. The molecule has 0 bridgehead atoms. The maximum atomic E-state index is 12.9. The summed E-state index contributed by atoms with van der Waals surface area (Å²) in [7, 11) is 0. The molecule has 0 radical (unpaired) electrons. The van der Waals surface area contributed by atoms with Gasteiger partial charge in [-0.05, 0) is 37.0 Å². The first kappa shape index (κ1) is 17.4. The molecule has 1 aromatic rings. The van der Waals surface area contributed by atoms with Crippen LogP contribution in [0.5, 0.6) is 0 Å². The number of halogens is 1. The number of hydrogen-bond donors (Lipinski definition) is 2. The normalized spacial score (nSPS) is 21.1. The van der Waals surface area contributed by atoms with E-state index in [9.17, 15) is 18.8 Å². The fourth-order valence-electron chi connectivity index (χ4n) is 3.27. The number of carbonyl (C=O) groups is 3. The first-order valence-electron chi connectivity index (χ1n) is 8.63. The molecule has 0 aromatic heterocycles. The van der Waals surface area contributed by atoms with E-state index in [4.69, 9.17) is 0 Å². The highest BCUT2D eigenvalue weighted by Crippen LogP contribution is 2.14. The van der Waals surface area contributed by atoms with E-state index in [-0.39, 0.29) is 36.0 Å². The van der Waals surface area contributed by atoms with E-state index in [1.807, 2.05) is 0 Å². The Bertz CT molecular complexity index is 654. The average molecular weight is 347 g/mol. The van der Waals surface area contributed by atoms with Gasteiger partial charge in [-0.2, -0.15) is 0 Å². The molecule has 2 saturated heterocycles. The van der Waals surface area contributed by atoms with Crippen molar-refractivity contribution in [3.05, 3.63) is 35.6 Å². The minimum Gasteiger partial charge on any atom is -0.351 e. The van der Waals surface area contributed by atoms with Crippen LogP contribution >= 0.6 is 0 Å². The zero-order valence-corrected chi connectivity index (χ0v) is 14.0. The summed E-state index contributed by atoms with van der Waals surface area (Å²) in [4.78, 5) is 37.4. The van der Waals surface area contributed by atoms with Crippen LogP contribution in [-0.4, -0.2) is 47.8 Å². The largest absolute Gasteiger partial charge is 0.351 e. The monoisotopic (exact) mass is 347 g/mol. The summed E-state index contributed by atoms with van der Waals surface area (Å²) in [5.41, 5.74) is 0.791. The average Bonchev–Trinajstić information content (AvgIpc) is 3.04. The van der Waals surface area contributed by atoms with Crippen LogP contribution in [0.4, 0.5) is 4.39 Å². The standard InChI is InChI=1S/C18H22FN3O3/c19-13-3-1-12(2-4-13)11-17(24)22-9-7-14(8-10-22)20-18(25)15-5-6-16(23)21-15/h1-4,14-15H,5-11H2,(H,20,25)(H,21,23). The number of nitrogens with zero attached hydrogens (tertiary/aromatic N) is 1. The van der Waals surface area contributed by atoms with E-state index in [0.717, 1.165) is 5.56 Å². The van der Waals surface area contributed by atoms with Crippen LogP contribution < -0.4 is 10.6 Å². The topological polar surface area (TPSA) is 78.5 Å². The summed E-state index contributed by atoms with van der Waals surface area (Å²) >= 11 is 0. The Labute approximate surface area is 145 Å². The molecule has 0 saturated carbocycles. The number of rotatable bonds is 4. The molecule has 3 rings (SSSR count). The van der Waals surface area contributed by atoms with Crippen molar-refractivity contribution in [1.29, 1.82) is 0 Å². The Balaban J connectivity index is 1.43. The van der Waals surface area contributed by atoms with Crippen LogP contribution in [0.2, 0.25) is 0 Å². The number of piperidine rings is 1. The van der Waals surface area contributed by atoms with Gasteiger partial charge in [-0.3, -0.25) is 14.4 Å². The van der Waals surface area contributed by atoms with Gasteiger partial charge in [0.15, 0.2) is 0 Å². The molecule has 2 aliphatic heterocycles. The third kappa shape index (κ3) is 4.55. The van der Waals surface area contributed by atoms with Gasteiger partial charge in [0.05, 0.1) is 6.42 Å². The molecule has 1 unspecified atom stereocenters. The second kappa shape index (κ2) is 7.63. The van der Waals surface area contributed by atoms with E-state index in [1.165, 1.54) is 12.1 Å². The van der Waals surface area contributed by atoms with Crippen LogP contribution in [0.25, 0.3) is 0 Å². The van der Waals surface area contributed by atoms with Crippen molar-refractivity contribution in [2.45, 2.75) is 44.2 Å². The van der Waals surface area contributed by atoms with Crippen LogP contribution in [0, 0.1) is 5.82 Å². The molecular weight excluding hydrogens is 325 g/mol. The van der Waals surface area contributed by atoms with Crippen molar-refractivity contribution in [3.63, 3.8) is 0 Å². The van der Waals surface area contributed by atoms with Gasteiger partial charge >= 0.3 is 0 Å². The van der Waals surface area contributed by atoms with Crippen molar-refractivity contribution < 1.29 is 18.8 Å². The summed E-state index contributed by atoms with van der Waals surface area (Å²) in [5, 5.41) is 5.62. The lowest BCUT2D eigenvalue weighted by molar-refractivity contribution is -0.132. The number of amides is 3. The lowest BCUT2D eigenvalue weighted by Gasteiger charge is -2.33. The molecule has 7 heteroatoms. The molecule has 3 amide bonds. The molecular formula is C18H22FN3O3. The van der Waals surface area contributed by atoms with Crippen LogP contribution in [0.15, 0.2) is 24.3 Å². The Hall–Kier alpha value is -2.44. The number of benzene rings is 1. The predicted molar refractivity (Wildman–Crippen MR) is 89.0 cm³/mol. The molecule has 0 spiro atoms. The van der Waals surface area contributed by atoms with Gasteiger partial charge in [-0.1, -0.05) is 12.1 Å². The van der Waals surface area contributed by atoms with Crippen molar-refractivity contribution in [1.82, 2.24) is 15.5 Å². The minimum atomic E-state index is -0.425. The maximum Gasteiger partial charge on any atom is 0.242 e. The van der Waals surface area contributed by atoms with Crippen molar-refractivity contribution >= 4 is 17.7 Å². The van der Waals surface area contributed by atoms with E-state index in [2.05, 4.69) is 10.6 Å². The van der Waals surface area contributed by atoms with Gasteiger partial charge in [0.1, 0.15) is 11.9 Å². The van der Waals surface area contributed by atoms with Gasteiger partial charge in [-0.15, -0.1) is 0 Å². The Morgan fingerprint density at radius 2 is 1.84 bits per heavy atom. The highest BCUT2D eigenvalue weighted by molar-refractivity contribution is 5.90. The number of likely N-dealkylation sites (tertiary alicyclic amines) is 1. The minimum absolute atomic E-state index is 0.0134. The number of carbonyl (C=O) groups excluding carboxylic acids is 3. The number of hydrogen-bond acceptors (Lipinski definition) is 3. The lowest BCUT2D eigenvalue weighted by Crippen LogP contribution is -2.50. The second-order valence-corrected chi connectivity index (χ2v) is 6.63. The molecule has 134 valence electrons. The van der Waals surface area contributed by atoms with Crippen molar-refractivity contribution in [2.75, 3.05) is 13.1 Å². The molecule has 0 aliphatic carbocycles. The van der Waals surface area contributed by atoms with Crippen LogP contribution in [-0.2, 0) is 20.8 Å². The Kier molecular flexibility index (Phi) is 5.31. The van der Waals surface area contributed by atoms with Gasteiger partial charge < -0.3 is 15.5 Å². The molecule has 25 heavy (non-hydrogen) atoms. The third-order valence-corrected chi connectivity index (χ3v) is 4.77. The molecule has 6 nitrogen and oxygen atoms in total. The highest BCUT2D eigenvalue weighted by atomic mass is 19.1. The predicted octanol–water partition coefficient (Wildman–Crippen LogP) is 0.754. The van der Waals surface area contributed by atoms with E-state index < -0.39 is 6.04 Å². The number of nitrogens with one attached hydrogen (secondary N) is 2. The van der Waals surface area contributed by atoms with E-state index >= 15 is 0 Å². The van der Waals surface area contributed by atoms with E-state index in [1.54, 1.807) is 17.0 Å². The molecule has 1 aromatic carbocycles. The fraction of sp³-hybridized carbons (Fsp3) is 0.500. The lowest BCUT2D eigenvalue weighted by atomic mass is 10.0. The molecule has 1 atom stereocenters. The van der Waals surface area contributed by atoms with Crippen LogP contribution in [0.3, 0.4) is 0 Å². The van der Waals surface area contributed by atoms with Crippen LogP contribution in [0.1, 0.15) is 31.2 Å². The highest BCUT2D eigenvalue weighted by Gasteiger charge is 2.30. The summed E-state index contributed by atoms with van der Waals surface area (Å²) in [6.07, 6.45) is 2.59. The summed E-state index contributed by atoms with van der Waals surface area (Å²) in [5.74, 6) is -0.519. The summed E-state index contributed by atoms with van der Waals surface area (Å²) in [6.45, 7) is 1.17. The second-order valence-electron chi connectivity index (χ2n) is 6.63. The first-order chi connectivity index (χ1) is 12.0. The zero-order chi connectivity index (χ0) is 17.8. The Morgan fingerprint density at radius 1 is 1.16 bits per heavy atom. The van der Waals surface area contributed by atoms with E-state index in [0.29, 0.717) is 38.8 Å². The summed E-state index contributed by atoms with van der Waals surface area (Å²) in [6, 6.07) is 5.55. The molecule has 2 fully saturated rings. The SMILES string of the molecule is O=C1CCC(C(=O)NC2CCN(C(=O)Cc3ccc(F)cc3)CC2)N1. The zero-order valence-electron chi connectivity index (χ0n) is 14.0. The Morgan fingerprint density at radius 3 is 2.44 bits per heavy atom. The fourth-order valence-corrected chi connectivity index (χ4v) is 3.27. The van der Waals surface area contributed by atoms with Gasteiger partial charge in [0.2, 0.25) is 17.7 Å². The smallest absolute Gasteiger partial charge is 0.242 e. The van der Waals surface area contributed by atoms with Gasteiger partial charge in [0, 0.05) is 25.6 Å².